The van der Waals surface area contributed by atoms with Gasteiger partial charge in [-0.1, -0.05) is 0 Å². The smallest absolute Gasteiger partial charge is 0.342 e. The molecule has 3 rings (SSSR count). The van der Waals surface area contributed by atoms with Gasteiger partial charge in [-0.2, -0.15) is 14.6 Å². The highest BCUT2D eigenvalue weighted by molar-refractivity contribution is 7.98. The molecule has 0 spiro atoms. The van der Waals surface area contributed by atoms with Gasteiger partial charge in [-0.05, 0) is 12.0 Å². The lowest BCUT2D eigenvalue weighted by Crippen LogP contribution is -2.48. The summed E-state index contributed by atoms with van der Waals surface area (Å²) in [5.41, 5.74) is 0. The van der Waals surface area contributed by atoms with Gasteiger partial charge in [-0.25, -0.2) is 9.55 Å². The molecule has 21 heavy (non-hydrogen) atoms. The molecule has 0 saturated carbocycles. The summed E-state index contributed by atoms with van der Waals surface area (Å²) in [7, 11) is 3.76. The quantitative estimate of drug-likeness (QED) is 0.456. The molecule has 10 heteroatoms. The number of aromatic nitrogens is 2. The first kappa shape index (κ1) is 14.3. The lowest BCUT2D eigenvalue weighted by Gasteiger charge is -2.35. The average molecular weight is 311 g/mol. The first-order valence-electron chi connectivity index (χ1n) is 6.66. The first-order chi connectivity index (χ1) is 10.1. The molecule has 3 heterocycles. The second-order valence-electron chi connectivity index (χ2n) is 5.09. The minimum Gasteiger partial charge on any atom is -0.358 e. The van der Waals surface area contributed by atoms with Crippen molar-refractivity contribution >= 4 is 24.0 Å². The van der Waals surface area contributed by atoms with Crippen molar-refractivity contribution in [3.8, 4) is 0 Å². The molecule has 0 aliphatic carbocycles. The third-order valence-corrected chi connectivity index (χ3v) is 4.74. The average Bonchev–Trinajstić information content (AvgIpc) is 3.06. The van der Waals surface area contributed by atoms with E-state index < -0.39 is 4.92 Å². The molecule has 0 N–H and O–H groups in total. The van der Waals surface area contributed by atoms with Crippen LogP contribution in [-0.4, -0.2) is 68.3 Å². The number of hydrazine groups is 1. The molecule has 1 aromatic rings. The van der Waals surface area contributed by atoms with Crippen molar-refractivity contribution in [3.05, 3.63) is 22.1 Å². The van der Waals surface area contributed by atoms with Crippen LogP contribution in [0.5, 0.6) is 0 Å². The molecule has 2 aliphatic heterocycles. The van der Waals surface area contributed by atoms with E-state index in [1.54, 1.807) is 13.3 Å². The van der Waals surface area contributed by atoms with Gasteiger partial charge < -0.3 is 15.0 Å². The fraction of sp³-hybridized carbons (Fsp3) is 0.636. The predicted octanol–water partition coefficient (Wildman–Crippen LogP) is 0.481. The van der Waals surface area contributed by atoms with Gasteiger partial charge >= 0.3 is 5.82 Å². The Morgan fingerprint density at radius 2 is 2.05 bits per heavy atom. The van der Waals surface area contributed by atoms with E-state index in [1.165, 1.54) is 22.7 Å². The van der Waals surface area contributed by atoms with Crippen LogP contribution in [0.3, 0.4) is 0 Å². The van der Waals surface area contributed by atoms with E-state index in [4.69, 9.17) is 0 Å². The number of nitrogens with zero attached hydrogens (tertiary/aromatic N) is 7. The van der Waals surface area contributed by atoms with Crippen molar-refractivity contribution in [2.24, 2.45) is 12.1 Å². The van der Waals surface area contributed by atoms with Crippen molar-refractivity contribution < 1.29 is 4.92 Å². The molecule has 1 fully saturated rings. The van der Waals surface area contributed by atoms with Crippen molar-refractivity contribution in [1.82, 2.24) is 24.0 Å². The second-order valence-corrected chi connectivity index (χ2v) is 6.14. The van der Waals surface area contributed by atoms with Gasteiger partial charge in [0.15, 0.2) is 0 Å². The molecule has 1 atom stereocenters. The monoisotopic (exact) mass is 311 g/mol. The zero-order valence-corrected chi connectivity index (χ0v) is 12.7. The summed E-state index contributed by atoms with van der Waals surface area (Å²) in [6.07, 6.45) is 3.08. The van der Waals surface area contributed by atoms with E-state index >= 15 is 0 Å². The molecule has 2 aliphatic rings. The Balaban J connectivity index is 1.68. The number of hydrazone groups is 1. The van der Waals surface area contributed by atoms with Gasteiger partial charge in [0.1, 0.15) is 11.4 Å². The summed E-state index contributed by atoms with van der Waals surface area (Å²) in [4.78, 5) is 16.9. The Morgan fingerprint density at radius 1 is 1.33 bits per heavy atom. The summed E-state index contributed by atoms with van der Waals surface area (Å²) >= 11 is 1.52. The van der Waals surface area contributed by atoms with Crippen LogP contribution < -0.4 is 0 Å². The molecule has 9 nitrogen and oxygen atoms in total. The standard InChI is InChI=1S/C11H17N7O2S/c1-14-3-5-16(6-4-14)18-13-7-9(21-18)11-12-8-10(15(11)2)17(19)20/h7-9H,3-6H2,1-2H3. The molecule has 0 bridgehead atoms. The zero-order valence-electron chi connectivity index (χ0n) is 11.9. The molecule has 114 valence electrons. The fourth-order valence-electron chi connectivity index (χ4n) is 2.34. The van der Waals surface area contributed by atoms with Crippen molar-refractivity contribution in [2.75, 3.05) is 33.2 Å². The minimum atomic E-state index is -0.425. The van der Waals surface area contributed by atoms with Crippen molar-refractivity contribution in [3.63, 3.8) is 0 Å². The summed E-state index contributed by atoms with van der Waals surface area (Å²) in [6.45, 7) is 3.86. The Morgan fingerprint density at radius 3 is 2.67 bits per heavy atom. The molecule has 0 aromatic carbocycles. The van der Waals surface area contributed by atoms with Crippen LogP contribution in [0, 0.1) is 10.1 Å². The fourth-order valence-corrected chi connectivity index (χ4v) is 3.37. The molecule has 0 radical (unpaired) electrons. The van der Waals surface area contributed by atoms with E-state index in [2.05, 4.69) is 27.0 Å². The Hall–Kier alpha value is -1.65. The predicted molar refractivity (Wildman–Crippen MR) is 79.6 cm³/mol. The van der Waals surface area contributed by atoms with Gasteiger partial charge in [-0.15, -0.1) is 0 Å². The van der Waals surface area contributed by atoms with Crippen LogP contribution in [0.1, 0.15) is 11.1 Å². The number of piperazine rings is 1. The third kappa shape index (κ3) is 2.74. The van der Waals surface area contributed by atoms with E-state index in [1.807, 2.05) is 4.52 Å². The highest BCUT2D eigenvalue weighted by Crippen LogP contribution is 2.36. The number of likely N-dealkylation sites (N-methyl/N-ethyl adjacent to an activating group) is 1. The number of hydrogen-bond donors (Lipinski definition) is 0. The van der Waals surface area contributed by atoms with Crippen LogP contribution in [0.2, 0.25) is 0 Å². The molecule has 1 unspecified atom stereocenters. The highest BCUT2D eigenvalue weighted by atomic mass is 32.2. The first-order valence-corrected chi connectivity index (χ1v) is 7.50. The van der Waals surface area contributed by atoms with Crippen LogP contribution in [0.4, 0.5) is 5.82 Å². The summed E-state index contributed by atoms with van der Waals surface area (Å²) in [5, 5.41) is 17.4. The van der Waals surface area contributed by atoms with Gasteiger partial charge in [-0.3, -0.25) is 0 Å². The summed E-state index contributed by atoms with van der Waals surface area (Å²) in [6, 6.07) is 0. The molecular formula is C11H17N7O2S. The Labute approximate surface area is 126 Å². The second kappa shape index (κ2) is 5.62. The number of hydrogen-bond acceptors (Lipinski definition) is 8. The Bertz CT molecular complexity index is 567. The van der Waals surface area contributed by atoms with Gasteiger partial charge in [0, 0.05) is 38.1 Å². The van der Waals surface area contributed by atoms with Crippen LogP contribution in [-0.2, 0) is 7.05 Å². The van der Waals surface area contributed by atoms with Gasteiger partial charge in [0.2, 0.25) is 5.82 Å². The largest absolute Gasteiger partial charge is 0.358 e. The molecular weight excluding hydrogens is 294 g/mol. The normalized spacial score (nSPS) is 23.9. The number of rotatable bonds is 3. The van der Waals surface area contributed by atoms with Crippen LogP contribution >= 0.6 is 11.9 Å². The van der Waals surface area contributed by atoms with E-state index in [0.717, 1.165) is 26.2 Å². The van der Waals surface area contributed by atoms with Crippen LogP contribution in [0.15, 0.2) is 11.3 Å². The summed E-state index contributed by atoms with van der Waals surface area (Å²) < 4.78 is 3.38. The molecule has 1 saturated heterocycles. The number of imidazole rings is 1. The van der Waals surface area contributed by atoms with E-state index in [9.17, 15) is 10.1 Å². The maximum absolute atomic E-state index is 10.9. The zero-order chi connectivity index (χ0) is 15.0. The SMILES string of the molecule is CN1CCN(N2N=CC(c3ncc([N+](=O)[O-])n3C)S2)CC1. The van der Waals surface area contributed by atoms with Crippen molar-refractivity contribution in [2.45, 2.75) is 5.25 Å². The topological polar surface area (TPSA) is 83.0 Å². The third-order valence-electron chi connectivity index (χ3n) is 3.67. The van der Waals surface area contributed by atoms with Crippen molar-refractivity contribution in [1.29, 1.82) is 0 Å². The molecule has 1 aromatic heterocycles. The van der Waals surface area contributed by atoms with E-state index in [-0.39, 0.29) is 11.1 Å². The highest BCUT2D eigenvalue weighted by Gasteiger charge is 2.32. The van der Waals surface area contributed by atoms with Gasteiger partial charge in [0.25, 0.3) is 0 Å². The van der Waals surface area contributed by atoms with Crippen LogP contribution in [0.25, 0.3) is 0 Å². The van der Waals surface area contributed by atoms with E-state index in [0.29, 0.717) is 5.82 Å². The maximum atomic E-state index is 10.9. The lowest BCUT2D eigenvalue weighted by atomic mass is 10.4. The number of nitro groups is 1. The summed E-state index contributed by atoms with van der Waals surface area (Å²) in [5.74, 6) is 0.643. The minimum absolute atomic E-state index is 0.00273. The molecule has 0 amide bonds. The lowest BCUT2D eigenvalue weighted by molar-refractivity contribution is -0.391. The maximum Gasteiger partial charge on any atom is 0.342 e. The van der Waals surface area contributed by atoms with Gasteiger partial charge in [0.05, 0.1) is 13.3 Å². The Kier molecular flexibility index (Phi) is 3.83.